The van der Waals surface area contributed by atoms with Crippen LogP contribution in [0.2, 0.25) is 0 Å². The number of benzene rings is 1. The lowest BCUT2D eigenvalue weighted by Gasteiger charge is -2.30. The fourth-order valence-corrected chi connectivity index (χ4v) is 2.22. The summed E-state index contributed by atoms with van der Waals surface area (Å²) in [4.78, 5) is 36.4. The topological polar surface area (TPSA) is 89.9 Å². The number of ether oxygens (including phenoxy) is 2. The molecule has 0 aliphatic heterocycles. The highest BCUT2D eigenvalue weighted by atomic mass is 16.6. The number of hydrogen-bond acceptors (Lipinski definition) is 6. The normalized spacial score (nSPS) is 12.4. The number of hydrogen-bond donors (Lipinski definition) is 1. The molecule has 6 nitrogen and oxygen atoms in total. The van der Waals surface area contributed by atoms with Gasteiger partial charge in [-0.05, 0) is 26.3 Å². The van der Waals surface area contributed by atoms with Gasteiger partial charge in [0.15, 0.2) is 0 Å². The van der Waals surface area contributed by atoms with Crippen molar-refractivity contribution in [2.75, 3.05) is 13.2 Å². The monoisotopic (exact) mass is 308 g/mol. The van der Waals surface area contributed by atoms with Crippen LogP contribution in [-0.2, 0) is 23.9 Å². The maximum Gasteiger partial charge on any atom is 0.351 e. The van der Waals surface area contributed by atoms with Crippen LogP contribution in [0.1, 0.15) is 32.3 Å². The first-order valence-corrected chi connectivity index (χ1v) is 7.01. The number of rotatable bonds is 7. The Hall–Kier alpha value is -2.21. The number of carbonyl (C=O) groups excluding carboxylic acids is 3. The Morgan fingerprint density at radius 1 is 1.05 bits per heavy atom. The van der Waals surface area contributed by atoms with Crippen LogP contribution >= 0.6 is 0 Å². The van der Waals surface area contributed by atoms with Gasteiger partial charge in [-0.2, -0.15) is 0 Å². The third-order valence-electron chi connectivity index (χ3n) is 3.13. The van der Waals surface area contributed by atoms with Crippen LogP contribution in [0.15, 0.2) is 30.3 Å². The maximum absolute atomic E-state index is 12.2. The van der Waals surface area contributed by atoms with Crippen LogP contribution in [-0.4, -0.2) is 41.6 Å². The second-order valence-electron chi connectivity index (χ2n) is 4.66. The Morgan fingerprint density at radius 2 is 1.50 bits per heavy atom. The van der Waals surface area contributed by atoms with E-state index in [4.69, 9.17) is 9.47 Å². The average Bonchev–Trinajstić information content (AvgIpc) is 2.48. The molecular formula is C16H20O6. The minimum atomic E-state index is -2.71. The molecule has 1 unspecified atom stereocenters. The molecule has 1 atom stereocenters. The molecule has 0 saturated heterocycles. The molecule has 0 fully saturated rings. The lowest BCUT2D eigenvalue weighted by Crippen LogP contribution is -2.55. The zero-order chi connectivity index (χ0) is 16.8. The van der Waals surface area contributed by atoms with Crippen molar-refractivity contribution >= 4 is 17.7 Å². The molecule has 22 heavy (non-hydrogen) atoms. The van der Waals surface area contributed by atoms with Crippen LogP contribution < -0.4 is 0 Å². The van der Waals surface area contributed by atoms with E-state index in [0.717, 1.165) is 0 Å². The molecule has 120 valence electrons. The second-order valence-corrected chi connectivity index (χ2v) is 4.66. The smallest absolute Gasteiger partial charge is 0.351 e. The van der Waals surface area contributed by atoms with E-state index < -0.39 is 29.2 Å². The van der Waals surface area contributed by atoms with Gasteiger partial charge < -0.3 is 14.6 Å². The Balaban J connectivity index is 3.41. The summed E-state index contributed by atoms with van der Waals surface area (Å²) in [5.74, 6) is -4.34. The van der Waals surface area contributed by atoms with Gasteiger partial charge in [-0.15, -0.1) is 0 Å². The maximum atomic E-state index is 12.2. The second kappa shape index (κ2) is 7.70. The summed E-state index contributed by atoms with van der Waals surface area (Å²) in [7, 11) is 0. The van der Waals surface area contributed by atoms with Gasteiger partial charge in [-0.25, -0.2) is 9.59 Å². The van der Waals surface area contributed by atoms with Crippen molar-refractivity contribution in [1.82, 2.24) is 0 Å². The van der Waals surface area contributed by atoms with E-state index in [0.29, 0.717) is 5.56 Å². The van der Waals surface area contributed by atoms with Crippen LogP contribution in [0.25, 0.3) is 0 Å². The molecule has 0 amide bonds. The molecule has 0 spiro atoms. The van der Waals surface area contributed by atoms with Crippen LogP contribution in [0, 0.1) is 0 Å². The average molecular weight is 308 g/mol. The van der Waals surface area contributed by atoms with Gasteiger partial charge in [0.1, 0.15) is 5.78 Å². The van der Waals surface area contributed by atoms with Crippen molar-refractivity contribution in [2.24, 2.45) is 0 Å². The Kier molecular flexibility index (Phi) is 6.24. The van der Waals surface area contributed by atoms with Crippen molar-refractivity contribution < 1.29 is 29.0 Å². The van der Waals surface area contributed by atoms with Crippen LogP contribution in [0.4, 0.5) is 0 Å². The predicted molar refractivity (Wildman–Crippen MR) is 78.1 cm³/mol. The van der Waals surface area contributed by atoms with Gasteiger partial charge in [-0.3, -0.25) is 4.79 Å². The Morgan fingerprint density at radius 3 is 1.86 bits per heavy atom. The zero-order valence-electron chi connectivity index (χ0n) is 12.9. The molecule has 0 aliphatic carbocycles. The number of carbonyl (C=O) groups is 3. The fourth-order valence-electron chi connectivity index (χ4n) is 2.22. The Bertz CT molecular complexity index is 519. The third-order valence-corrected chi connectivity index (χ3v) is 3.13. The Labute approximate surface area is 129 Å². The van der Waals surface area contributed by atoms with Gasteiger partial charge in [0.25, 0.3) is 5.60 Å². The quantitative estimate of drug-likeness (QED) is 0.601. The van der Waals surface area contributed by atoms with Gasteiger partial charge in [0.05, 0.1) is 19.1 Å². The molecule has 1 aromatic carbocycles. The summed E-state index contributed by atoms with van der Waals surface area (Å²) in [5, 5.41) is 10.7. The largest absolute Gasteiger partial charge is 0.463 e. The lowest BCUT2D eigenvalue weighted by molar-refractivity contribution is -0.187. The molecule has 1 N–H and O–H groups in total. The highest BCUT2D eigenvalue weighted by Crippen LogP contribution is 2.32. The van der Waals surface area contributed by atoms with Gasteiger partial charge in [0.2, 0.25) is 0 Å². The number of Topliss-reactive ketones (excluding diaryl/α,β-unsaturated/α-hetero) is 1. The van der Waals surface area contributed by atoms with Gasteiger partial charge in [-0.1, -0.05) is 30.3 Å². The van der Waals surface area contributed by atoms with E-state index in [1.165, 1.54) is 20.8 Å². The van der Waals surface area contributed by atoms with E-state index in [1.807, 2.05) is 0 Å². The van der Waals surface area contributed by atoms with Crippen LogP contribution in [0.3, 0.4) is 0 Å². The summed E-state index contributed by atoms with van der Waals surface area (Å²) >= 11 is 0. The zero-order valence-corrected chi connectivity index (χ0v) is 12.9. The van der Waals surface area contributed by atoms with E-state index in [-0.39, 0.29) is 13.2 Å². The summed E-state index contributed by atoms with van der Waals surface area (Å²) in [6, 6.07) is 8.10. The first kappa shape index (κ1) is 17.8. The minimum Gasteiger partial charge on any atom is -0.463 e. The van der Waals surface area contributed by atoms with E-state index in [2.05, 4.69) is 0 Å². The summed E-state index contributed by atoms with van der Waals surface area (Å²) < 4.78 is 9.57. The molecule has 1 rings (SSSR count). The molecule has 1 aromatic rings. The molecule has 0 bridgehead atoms. The van der Waals surface area contributed by atoms with E-state index >= 15 is 0 Å². The molecule has 0 aliphatic rings. The van der Waals surface area contributed by atoms with Crippen molar-refractivity contribution in [3.8, 4) is 0 Å². The third kappa shape index (κ3) is 3.51. The van der Waals surface area contributed by atoms with E-state index in [9.17, 15) is 19.5 Å². The summed E-state index contributed by atoms with van der Waals surface area (Å²) in [5.41, 5.74) is -2.38. The molecular weight excluding hydrogens is 288 g/mol. The van der Waals surface area contributed by atoms with Crippen molar-refractivity contribution in [3.63, 3.8) is 0 Å². The first-order valence-electron chi connectivity index (χ1n) is 7.01. The predicted octanol–water partition coefficient (Wildman–Crippen LogP) is 1.22. The number of aliphatic hydroxyl groups is 1. The summed E-state index contributed by atoms with van der Waals surface area (Å²) in [6.07, 6.45) is 0. The molecule has 0 heterocycles. The number of ketones is 1. The first-order chi connectivity index (χ1) is 10.4. The standard InChI is InChI=1S/C16H20O6/c1-4-21-14(18)16(20,15(19)22-5-2)13(11(3)17)12-9-7-6-8-10-12/h6-10,13,20H,4-5H2,1-3H3. The van der Waals surface area contributed by atoms with Crippen LogP contribution in [0.5, 0.6) is 0 Å². The minimum absolute atomic E-state index is 0.0417. The SMILES string of the molecule is CCOC(=O)C(O)(C(=O)OCC)C(C(C)=O)c1ccccc1. The molecule has 6 heteroatoms. The van der Waals surface area contributed by atoms with Gasteiger partial charge in [0, 0.05) is 0 Å². The van der Waals surface area contributed by atoms with Crippen molar-refractivity contribution in [1.29, 1.82) is 0 Å². The van der Waals surface area contributed by atoms with Gasteiger partial charge >= 0.3 is 11.9 Å². The fraction of sp³-hybridized carbons (Fsp3) is 0.438. The molecule has 0 aromatic heterocycles. The van der Waals surface area contributed by atoms with Crippen molar-refractivity contribution in [3.05, 3.63) is 35.9 Å². The van der Waals surface area contributed by atoms with E-state index in [1.54, 1.807) is 30.3 Å². The van der Waals surface area contributed by atoms with Crippen molar-refractivity contribution in [2.45, 2.75) is 32.3 Å². The molecule has 0 radical (unpaired) electrons. The highest BCUT2D eigenvalue weighted by Gasteiger charge is 2.56. The molecule has 0 saturated carbocycles. The number of esters is 2. The summed E-state index contributed by atoms with van der Waals surface area (Å²) in [6.45, 7) is 4.19. The lowest BCUT2D eigenvalue weighted by atomic mass is 9.79. The highest BCUT2D eigenvalue weighted by molar-refractivity contribution is 6.09.